The van der Waals surface area contributed by atoms with E-state index in [4.69, 9.17) is 15.2 Å². The summed E-state index contributed by atoms with van der Waals surface area (Å²) in [7, 11) is 0. The smallest absolute Gasteiger partial charge is 0.231 e. The van der Waals surface area contributed by atoms with Crippen LogP contribution >= 0.6 is 0 Å². The van der Waals surface area contributed by atoms with Gasteiger partial charge in [0, 0.05) is 5.69 Å². The van der Waals surface area contributed by atoms with Crippen molar-refractivity contribution >= 4 is 5.69 Å². The summed E-state index contributed by atoms with van der Waals surface area (Å²) >= 11 is 0. The molecule has 1 atom stereocenters. The van der Waals surface area contributed by atoms with Gasteiger partial charge in [0.2, 0.25) is 6.79 Å². The molecular formula is C15H12N2O2. The highest BCUT2D eigenvalue weighted by atomic mass is 16.7. The zero-order valence-electron chi connectivity index (χ0n) is 10.2. The first kappa shape index (κ1) is 11.4. The van der Waals surface area contributed by atoms with Crippen LogP contribution in [-0.2, 0) is 0 Å². The number of hydrogen-bond acceptors (Lipinski definition) is 4. The minimum Gasteiger partial charge on any atom is -0.454 e. The molecule has 2 N–H and O–H groups in total. The third kappa shape index (κ3) is 1.95. The monoisotopic (exact) mass is 252 g/mol. The normalized spacial score (nSPS) is 13.8. The van der Waals surface area contributed by atoms with Crippen LogP contribution in [0.3, 0.4) is 0 Å². The number of hydrogen-bond donors (Lipinski definition) is 1. The highest BCUT2D eigenvalue weighted by Crippen LogP contribution is 2.37. The topological polar surface area (TPSA) is 68.3 Å². The van der Waals surface area contributed by atoms with Crippen molar-refractivity contribution in [1.82, 2.24) is 0 Å². The Labute approximate surface area is 111 Å². The summed E-state index contributed by atoms with van der Waals surface area (Å²) in [5, 5.41) is 9.43. The van der Waals surface area contributed by atoms with E-state index in [0.717, 1.165) is 11.1 Å². The second kappa shape index (κ2) is 4.54. The average Bonchev–Trinajstić information content (AvgIpc) is 2.89. The van der Waals surface area contributed by atoms with Gasteiger partial charge in [0.25, 0.3) is 0 Å². The summed E-state index contributed by atoms with van der Waals surface area (Å²) in [5.74, 6) is 0.976. The van der Waals surface area contributed by atoms with Gasteiger partial charge >= 0.3 is 0 Å². The van der Waals surface area contributed by atoms with Crippen molar-refractivity contribution in [2.45, 2.75) is 5.92 Å². The maximum atomic E-state index is 9.43. The fraction of sp³-hybridized carbons (Fsp3) is 0.133. The Morgan fingerprint density at radius 1 is 1.11 bits per heavy atom. The molecule has 0 spiro atoms. The van der Waals surface area contributed by atoms with Crippen molar-refractivity contribution in [2.75, 3.05) is 12.5 Å². The van der Waals surface area contributed by atoms with E-state index in [1.165, 1.54) is 0 Å². The Kier molecular flexibility index (Phi) is 2.73. The van der Waals surface area contributed by atoms with Crippen LogP contribution in [0.2, 0.25) is 0 Å². The van der Waals surface area contributed by atoms with Crippen LogP contribution in [0.1, 0.15) is 17.0 Å². The summed E-state index contributed by atoms with van der Waals surface area (Å²) in [5.41, 5.74) is 8.22. The highest BCUT2D eigenvalue weighted by molar-refractivity contribution is 5.56. The van der Waals surface area contributed by atoms with Crippen LogP contribution < -0.4 is 15.2 Å². The molecule has 2 aromatic carbocycles. The summed E-state index contributed by atoms with van der Waals surface area (Å²) in [6.45, 7) is 0.226. The number of rotatable bonds is 2. The third-order valence-electron chi connectivity index (χ3n) is 3.17. The number of para-hydroxylation sites is 1. The van der Waals surface area contributed by atoms with E-state index in [2.05, 4.69) is 6.07 Å². The number of ether oxygens (including phenoxy) is 2. The van der Waals surface area contributed by atoms with Crippen LogP contribution in [0.15, 0.2) is 42.5 Å². The molecule has 0 fully saturated rings. The molecule has 0 radical (unpaired) electrons. The van der Waals surface area contributed by atoms with Gasteiger partial charge in [0.1, 0.15) is 0 Å². The summed E-state index contributed by atoms with van der Waals surface area (Å²) in [6, 6.07) is 15.2. The number of fused-ring (bicyclic) bond motifs is 1. The van der Waals surface area contributed by atoms with Gasteiger partial charge in [-0.1, -0.05) is 24.3 Å². The van der Waals surface area contributed by atoms with E-state index in [1.54, 1.807) is 6.07 Å². The largest absolute Gasteiger partial charge is 0.454 e. The van der Waals surface area contributed by atoms with Crippen molar-refractivity contribution in [3.05, 3.63) is 53.6 Å². The van der Waals surface area contributed by atoms with Gasteiger partial charge in [-0.2, -0.15) is 5.26 Å². The maximum absolute atomic E-state index is 9.43. The van der Waals surface area contributed by atoms with Gasteiger partial charge in [-0.25, -0.2) is 0 Å². The van der Waals surface area contributed by atoms with Crippen LogP contribution in [0.25, 0.3) is 0 Å². The molecule has 0 bridgehead atoms. The Morgan fingerprint density at radius 3 is 2.68 bits per heavy atom. The second-order valence-corrected chi connectivity index (χ2v) is 4.30. The zero-order valence-corrected chi connectivity index (χ0v) is 10.2. The Bertz CT molecular complexity index is 661. The van der Waals surface area contributed by atoms with Crippen LogP contribution in [0, 0.1) is 11.3 Å². The van der Waals surface area contributed by atoms with Crippen LogP contribution in [-0.4, -0.2) is 6.79 Å². The predicted molar refractivity (Wildman–Crippen MR) is 70.9 cm³/mol. The minimum absolute atomic E-state index is 0.226. The second-order valence-electron chi connectivity index (χ2n) is 4.30. The molecule has 2 aromatic rings. The first-order chi connectivity index (χ1) is 9.29. The first-order valence-electron chi connectivity index (χ1n) is 5.93. The lowest BCUT2D eigenvalue weighted by Crippen LogP contribution is -2.02. The van der Waals surface area contributed by atoms with Crippen molar-refractivity contribution < 1.29 is 9.47 Å². The van der Waals surface area contributed by atoms with E-state index >= 15 is 0 Å². The van der Waals surface area contributed by atoms with Gasteiger partial charge in [-0.3, -0.25) is 0 Å². The van der Waals surface area contributed by atoms with Crippen molar-refractivity contribution in [1.29, 1.82) is 5.26 Å². The zero-order chi connectivity index (χ0) is 13.2. The molecule has 19 heavy (non-hydrogen) atoms. The molecule has 1 heterocycles. The lowest BCUT2D eigenvalue weighted by atomic mass is 9.91. The number of anilines is 1. The van der Waals surface area contributed by atoms with E-state index < -0.39 is 5.92 Å². The number of nitrogens with two attached hydrogens (primary N) is 1. The molecule has 0 aliphatic carbocycles. The number of nitrogen functional groups attached to an aromatic ring is 1. The molecule has 0 amide bonds. The fourth-order valence-electron chi connectivity index (χ4n) is 2.19. The molecule has 4 heteroatoms. The Hall–Kier alpha value is -2.67. The average molecular weight is 252 g/mol. The molecule has 3 rings (SSSR count). The van der Waals surface area contributed by atoms with E-state index in [0.29, 0.717) is 17.2 Å². The van der Waals surface area contributed by atoms with Gasteiger partial charge < -0.3 is 15.2 Å². The van der Waals surface area contributed by atoms with Crippen LogP contribution in [0.4, 0.5) is 5.69 Å². The number of benzene rings is 2. The molecule has 0 saturated carbocycles. The van der Waals surface area contributed by atoms with Gasteiger partial charge in [-0.05, 0) is 29.3 Å². The summed E-state index contributed by atoms with van der Waals surface area (Å²) < 4.78 is 10.6. The fourth-order valence-corrected chi connectivity index (χ4v) is 2.19. The van der Waals surface area contributed by atoms with Crippen molar-refractivity contribution in [3.8, 4) is 17.6 Å². The SMILES string of the molecule is N#CC(c1ccc2c(c1)OCO2)c1ccccc1N. The van der Waals surface area contributed by atoms with Crippen molar-refractivity contribution in [3.63, 3.8) is 0 Å². The predicted octanol–water partition coefficient (Wildman–Crippen LogP) is 2.65. The quantitative estimate of drug-likeness (QED) is 0.834. The molecule has 94 valence electrons. The van der Waals surface area contributed by atoms with Gasteiger partial charge in [0.05, 0.1) is 12.0 Å². The standard InChI is InChI=1S/C15H12N2O2/c16-8-12(11-3-1-2-4-13(11)17)10-5-6-14-15(7-10)19-9-18-14/h1-7,12H,9,17H2. The van der Waals surface area contributed by atoms with E-state index in [9.17, 15) is 5.26 Å². The first-order valence-corrected chi connectivity index (χ1v) is 5.93. The summed E-state index contributed by atoms with van der Waals surface area (Å²) in [6.07, 6.45) is 0. The van der Waals surface area contributed by atoms with Crippen LogP contribution in [0.5, 0.6) is 11.5 Å². The minimum atomic E-state index is -0.407. The molecule has 0 saturated heterocycles. The third-order valence-corrected chi connectivity index (χ3v) is 3.17. The van der Waals surface area contributed by atoms with Gasteiger partial charge in [0.15, 0.2) is 11.5 Å². The molecule has 1 unspecified atom stereocenters. The summed E-state index contributed by atoms with van der Waals surface area (Å²) in [4.78, 5) is 0. The molecule has 1 aliphatic heterocycles. The molecule has 1 aliphatic rings. The van der Waals surface area contributed by atoms with E-state index in [1.807, 2.05) is 36.4 Å². The molecular weight excluding hydrogens is 240 g/mol. The molecule has 0 aromatic heterocycles. The van der Waals surface area contributed by atoms with E-state index in [-0.39, 0.29) is 6.79 Å². The Balaban J connectivity index is 2.04. The van der Waals surface area contributed by atoms with Gasteiger partial charge in [-0.15, -0.1) is 0 Å². The Morgan fingerprint density at radius 2 is 1.89 bits per heavy atom. The number of nitriles is 1. The lowest BCUT2D eigenvalue weighted by molar-refractivity contribution is 0.174. The van der Waals surface area contributed by atoms with Crippen molar-refractivity contribution in [2.24, 2.45) is 0 Å². The lowest BCUT2D eigenvalue weighted by Gasteiger charge is -2.12. The molecule has 4 nitrogen and oxygen atoms in total. The number of nitrogens with zero attached hydrogens (tertiary/aromatic N) is 1. The highest BCUT2D eigenvalue weighted by Gasteiger charge is 2.20. The maximum Gasteiger partial charge on any atom is 0.231 e.